The molecule has 22 heavy (non-hydrogen) atoms. The molecule has 1 atom stereocenters. The summed E-state index contributed by atoms with van der Waals surface area (Å²) in [5.41, 5.74) is 0.381. The third-order valence-electron chi connectivity index (χ3n) is 3.41. The van der Waals surface area contributed by atoms with E-state index in [0.717, 1.165) is 25.1 Å². The van der Waals surface area contributed by atoms with Crippen LogP contribution in [0.2, 0.25) is 10.0 Å². The fourth-order valence-corrected chi connectivity index (χ4v) is 3.03. The Bertz CT molecular complexity index is 523. The molecule has 0 aliphatic carbocycles. The van der Waals surface area contributed by atoms with Crippen LogP contribution in [-0.4, -0.2) is 35.7 Å². The van der Waals surface area contributed by atoms with Crippen LogP contribution in [0.3, 0.4) is 0 Å². The molecular weight excluding hydrogens is 323 g/mol. The van der Waals surface area contributed by atoms with Crippen molar-refractivity contribution in [1.29, 1.82) is 0 Å². The van der Waals surface area contributed by atoms with Crippen molar-refractivity contribution in [2.75, 3.05) is 18.4 Å². The summed E-state index contributed by atoms with van der Waals surface area (Å²) in [5.74, 6) is 0. The Labute approximate surface area is 141 Å². The summed E-state index contributed by atoms with van der Waals surface area (Å²) in [6.45, 7) is 7.01. The minimum atomic E-state index is -0.474. The summed E-state index contributed by atoms with van der Waals surface area (Å²) < 4.78 is 5.46. The molecule has 1 fully saturated rings. The zero-order valence-corrected chi connectivity index (χ0v) is 14.7. The normalized spacial score (nSPS) is 18.4. The predicted octanol–water partition coefficient (Wildman–Crippen LogP) is 4.80. The predicted molar refractivity (Wildman–Crippen MR) is 90.9 cm³/mol. The summed E-state index contributed by atoms with van der Waals surface area (Å²) in [5, 5.41) is 4.47. The molecule has 1 aromatic rings. The van der Waals surface area contributed by atoms with Crippen LogP contribution < -0.4 is 5.32 Å². The number of anilines is 1. The van der Waals surface area contributed by atoms with Crippen LogP contribution in [0.15, 0.2) is 18.2 Å². The average Bonchev–Trinajstić information content (AvgIpc) is 2.81. The maximum Gasteiger partial charge on any atom is 0.410 e. The van der Waals surface area contributed by atoms with Gasteiger partial charge >= 0.3 is 6.09 Å². The number of benzene rings is 1. The number of nitrogens with one attached hydrogen (secondary N) is 1. The van der Waals surface area contributed by atoms with E-state index in [1.54, 1.807) is 11.0 Å². The van der Waals surface area contributed by atoms with Crippen molar-refractivity contribution in [2.24, 2.45) is 0 Å². The molecule has 1 aliphatic rings. The molecule has 1 N–H and O–H groups in total. The van der Waals surface area contributed by atoms with Crippen molar-refractivity contribution < 1.29 is 9.53 Å². The van der Waals surface area contributed by atoms with Gasteiger partial charge < -0.3 is 15.0 Å². The van der Waals surface area contributed by atoms with Gasteiger partial charge in [-0.05, 0) is 51.8 Å². The van der Waals surface area contributed by atoms with E-state index < -0.39 is 5.60 Å². The zero-order chi connectivity index (χ0) is 16.3. The molecule has 0 spiro atoms. The Hall–Kier alpha value is -1.13. The maximum absolute atomic E-state index is 12.2. The minimum absolute atomic E-state index is 0.118. The Kier molecular flexibility index (Phi) is 5.45. The highest BCUT2D eigenvalue weighted by Crippen LogP contribution is 2.24. The van der Waals surface area contributed by atoms with E-state index in [1.807, 2.05) is 32.9 Å². The van der Waals surface area contributed by atoms with Gasteiger partial charge in [0.15, 0.2) is 0 Å². The molecule has 1 aromatic carbocycles. The summed E-state index contributed by atoms with van der Waals surface area (Å²) in [6.07, 6.45) is 1.70. The van der Waals surface area contributed by atoms with Crippen LogP contribution in [0.4, 0.5) is 10.5 Å². The van der Waals surface area contributed by atoms with E-state index in [-0.39, 0.29) is 12.1 Å². The van der Waals surface area contributed by atoms with Gasteiger partial charge in [0.2, 0.25) is 0 Å². The molecule has 1 saturated heterocycles. The second-order valence-corrected chi connectivity index (χ2v) is 7.38. The molecule has 1 heterocycles. The third-order valence-corrected chi connectivity index (χ3v) is 3.85. The van der Waals surface area contributed by atoms with Gasteiger partial charge in [-0.1, -0.05) is 23.2 Å². The van der Waals surface area contributed by atoms with Crippen LogP contribution in [-0.2, 0) is 4.74 Å². The number of hydrogen-bond donors (Lipinski definition) is 1. The van der Waals surface area contributed by atoms with Crippen molar-refractivity contribution in [2.45, 2.75) is 45.3 Å². The van der Waals surface area contributed by atoms with Gasteiger partial charge in [-0.3, -0.25) is 0 Å². The highest BCUT2D eigenvalue weighted by molar-refractivity contribution is 6.35. The van der Waals surface area contributed by atoms with Crippen LogP contribution >= 0.6 is 23.2 Å². The van der Waals surface area contributed by atoms with Gasteiger partial charge in [0, 0.05) is 28.8 Å². The van der Waals surface area contributed by atoms with Gasteiger partial charge in [0.25, 0.3) is 0 Å². The molecule has 1 amide bonds. The number of carbonyl (C=O) groups is 1. The topological polar surface area (TPSA) is 41.6 Å². The lowest BCUT2D eigenvalue weighted by Gasteiger charge is -2.29. The van der Waals surface area contributed by atoms with Gasteiger partial charge in [0.05, 0.1) is 6.04 Å². The van der Waals surface area contributed by atoms with Crippen LogP contribution in [0, 0.1) is 0 Å². The maximum atomic E-state index is 12.2. The summed E-state index contributed by atoms with van der Waals surface area (Å²) >= 11 is 12.0. The molecule has 1 unspecified atom stereocenters. The first-order valence-electron chi connectivity index (χ1n) is 7.44. The van der Waals surface area contributed by atoms with Gasteiger partial charge in [0.1, 0.15) is 5.60 Å². The molecule has 0 radical (unpaired) electrons. The highest BCUT2D eigenvalue weighted by atomic mass is 35.5. The van der Waals surface area contributed by atoms with Crippen LogP contribution in [0.5, 0.6) is 0 Å². The van der Waals surface area contributed by atoms with E-state index in [0.29, 0.717) is 16.6 Å². The van der Waals surface area contributed by atoms with E-state index in [9.17, 15) is 4.79 Å². The smallest absolute Gasteiger partial charge is 0.410 e. The molecule has 2 rings (SSSR count). The number of rotatable bonds is 3. The number of carbonyl (C=O) groups excluding carboxylic acids is 1. The molecule has 6 heteroatoms. The first kappa shape index (κ1) is 17.2. The van der Waals surface area contributed by atoms with Crippen molar-refractivity contribution >= 4 is 35.0 Å². The molecule has 122 valence electrons. The molecular formula is C16H22Cl2N2O2. The molecule has 1 aliphatic heterocycles. The van der Waals surface area contributed by atoms with Crippen molar-refractivity contribution in [3.63, 3.8) is 0 Å². The standard InChI is InChI=1S/C16H22Cl2N2O2/c1-16(2,3)22-15(21)20-6-4-5-14(20)10-19-13-8-11(17)7-12(18)9-13/h7-9,14,19H,4-6,10H2,1-3H3. The Morgan fingerprint density at radius 2 is 1.95 bits per heavy atom. The second-order valence-electron chi connectivity index (χ2n) is 6.51. The quantitative estimate of drug-likeness (QED) is 0.855. The Morgan fingerprint density at radius 1 is 1.32 bits per heavy atom. The number of nitrogens with zero attached hydrogens (tertiary/aromatic N) is 1. The first-order chi connectivity index (χ1) is 10.2. The summed E-state index contributed by atoms with van der Waals surface area (Å²) in [7, 11) is 0. The van der Waals surface area contributed by atoms with Crippen molar-refractivity contribution in [3.8, 4) is 0 Å². The van der Waals surface area contributed by atoms with Crippen LogP contribution in [0.1, 0.15) is 33.6 Å². The molecule has 4 nitrogen and oxygen atoms in total. The monoisotopic (exact) mass is 344 g/mol. The number of likely N-dealkylation sites (tertiary alicyclic amines) is 1. The van der Waals surface area contributed by atoms with Gasteiger partial charge in [-0.25, -0.2) is 4.79 Å². The van der Waals surface area contributed by atoms with Crippen molar-refractivity contribution in [3.05, 3.63) is 28.2 Å². The van der Waals surface area contributed by atoms with E-state index in [4.69, 9.17) is 27.9 Å². The first-order valence-corrected chi connectivity index (χ1v) is 8.20. The zero-order valence-electron chi connectivity index (χ0n) is 13.2. The average molecular weight is 345 g/mol. The number of halogens is 2. The van der Waals surface area contributed by atoms with Gasteiger partial charge in [-0.2, -0.15) is 0 Å². The summed E-state index contributed by atoms with van der Waals surface area (Å²) in [4.78, 5) is 14.0. The van der Waals surface area contributed by atoms with Gasteiger partial charge in [-0.15, -0.1) is 0 Å². The lowest BCUT2D eigenvalue weighted by atomic mass is 10.2. The van der Waals surface area contributed by atoms with Crippen LogP contribution in [0.25, 0.3) is 0 Å². The Morgan fingerprint density at radius 3 is 2.55 bits per heavy atom. The van der Waals surface area contributed by atoms with E-state index >= 15 is 0 Å². The lowest BCUT2D eigenvalue weighted by Crippen LogP contribution is -2.42. The Balaban J connectivity index is 1.95. The fourth-order valence-electron chi connectivity index (χ4n) is 2.50. The van der Waals surface area contributed by atoms with Crippen molar-refractivity contribution in [1.82, 2.24) is 4.90 Å². The van der Waals surface area contributed by atoms with E-state index in [2.05, 4.69) is 5.32 Å². The van der Waals surface area contributed by atoms with E-state index in [1.165, 1.54) is 0 Å². The molecule has 0 aromatic heterocycles. The minimum Gasteiger partial charge on any atom is -0.444 e. The largest absolute Gasteiger partial charge is 0.444 e. The molecule has 0 bridgehead atoms. The summed E-state index contributed by atoms with van der Waals surface area (Å²) in [6, 6.07) is 5.45. The number of hydrogen-bond acceptors (Lipinski definition) is 3. The lowest BCUT2D eigenvalue weighted by molar-refractivity contribution is 0.0235. The molecule has 0 saturated carbocycles. The number of ether oxygens (including phenoxy) is 1. The second kappa shape index (κ2) is 6.97. The third kappa shape index (κ3) is 4.96. The highest BCUT2D eigenvalue weighted by Gasteiger charge is 2.31. The number of amides is 1. The fraction of sp³-hybridized carbons (Fsp3) is 0.562. The SMILES string of the molecule is CC(C)(C)OC(=O)N1CCCC1CNc1cc(Cl)cc(Cl)c1.